The van der Waals surface area contributed by atoms with E-state index in [4.69, 9.17) is 15.2 Å². The molecule has 38 heavy (non-hydrogen) atoms. The average molecular weight is 536 g/mol. The number of hydrogen-bond acceptors (Lipinski definition) is 10. The summed E-state index contributed by atoms with van der Waals surface area (Å²) >= 11 is 1.22. The number of aryl methyl sites for hydroxylation is 1. The molecule has 0 saturated carbocycles. The molecule has 0 saturated heterocycles. The average Bonchev–Trinajstić information content (AvgIpc) is 3.45. The van der Waals surface area contributed by atoms with Crippen molar-refractivity contribution < 1.29 is 19.1 Å². The minimum absolute atomic E-state index is 0.0598. The highest BCUT2D eigenvalue weighted by Gasteiger charge is 2.22. The first-order valence-corrected chi connectivity index (χ1v) is 12.6. The molecule has 0 bridgehead atoms. The van der Waals surface area contributed by atoms with Crippen molar-refractivity contribution in [2.24, 2.45) is 0 Å². The second-order valence-corrected chi connectivity index (χ2v) is 10.6. The van der Waals surface area contributed by atoms with Gasteiger partial charge in [-0.3, -0.25) is 5.32 Å². The first-order valence-electron chi connectivity index (χ1n) is 11.8. The van der Waals surface area contributed by atoms with Gasteiger partial charge < -0.3 is 15.2 Å². The Morgan fingerprint density at radius 1 is 1.18 bits per heavy atom. The van der Waals surface area contributed by atoms with E-state index in [-0.39, 0.29) is 12.6 Å². The second-order valence-electron chi connectivity index (χ2n) is 9.62. The molecule has 4 rings (SSSR count). The third-order valence-corrected chi connectivity index (χ3v) is 6.42. The van der Waals surface area contributed by atoms with Crippen molar-refractivity contribution >= 4 is 51.0 Å². The maximum absolute atomic E-state index is 13.1. The van der Waals surface area contributed by atoms with Gasteiger partial charge in [0, 0.05) is 6.20 Å². The smallest absolute Gasteiger partial charge is 0.413 e. The third kappa shape index (κ3) is 5.80. The fraction of sp³-hybridized carbons (Fsp3) is 0.308. The SMILES string of the molecule is C=C(c1cnc(NC(=O)OC(C)(C)C)s1)c1ccccc1C(=O)OCC(C)n1nc(C)c2c(N)ncnc21. The van der Waals surface area contributed by atoms with Gasteiger partial charge in [0.25, 0.3) is 0 Å². The van der Waals surface area contributed by atoms with Crippen LogP contribution in [0.1, 0.15) is 60.2 Å². The van der Waals surface area contributed by atoms with Gasteiger partial charge in [-0.25, -0.2) is 29.2 Å². The molecule has 3 aromatic heterocycles. The molecular formula is C26H29N7O4S. The Labute approximate surface area is 223 Å². The number of amides is 1. The van der Waals surface area contributed by atoms with Crippen LogP contribution in [-0.2, 0) is 9.47 Å². The topological polar surface area (TPSA) is 147 Å². The van der Waals surface area contributed by atoms with Gasteiger partial charge in [-0.15, -0.1) is 0 Å². The summed E-state index contributed by atoms with van der Waals surface area (Å²) in [5.74, 6) is -0.157. The number of hydrogen-bond donors (Lipinski definition) is 2. The van der Waals surface area contributed by atoms with Crippen LogP contribution in [-0.4, -0.2) is 49.0 Å². The molecule has 1 aromatic carbocycles. The monoisotopic (exact) mass is 535 g/mol. The van der Waals surface area contributed by atoms with E-state index in [0.29, 0.717) is 49.3 Å². The van der Waals surface area contributed by atoms with E-state index in [9.17, 15) is 9.59 Å². The number of ether oxygens (including phenoxy) is 2. The highest BCUT2D eigenvalue weighted by Crippen LogP contribution is 2.31. The fourth-order valence-electron chi connectivity index (χ4n) is 3.74. The third-order valence-electron chi connectivity index (χ3n) is 5.45. The summed E-state index contributed by atoms with van der Waals surface area (Å²) in [5, 5.41) is 8.17. The molecule has 11 nitrogen and oxygen atoms in total. The molecule has 1 atom stereocenters. The molecule has 0 aliphatic heterocycles. The van der Waals surface area contributed by atoms with Crippen molar-refractivity contribution in [2.75, 3.05) is 17.7 Å². The Morgan fingerprint density at radius 3 is 2.61 bits per heavy atom. The minimum atomic E-state index is -0.630. The standard InChI is InChI=1S/C26H29N7O4S/c1-14(33-22-20(16(3)32-33)21(27)29-13-30-22)12-36-23(34)18-10-8-7-9-17(18)15(2)19-11-28-24(38-19)31-25(35)37-26(4,5)6/h7-11,13-14H,2,12H2,1,3-6H3,(H2,27,29,30)(H,28,31,35). The predicted octanol–water partition coefficient (Wildman–Crippen LogP) is 5.00. The van der Waals surface area contributed by atoms with Crippen LogP contribution < -0.4 is 11.1 Å². The van der Waals surface area contributed by atoms with Crippen LogP contribution in [0.3, 0.4) is 0 Å². The number of esters is 1. The molecule has 198 valence electrons. The number of fused-ring (bicyclic) bond motifs is 1. The van der Waals surface area contributed by atoms with Crippen LogP contribution in [0.25, 0.3) is 16.6 Å². The van der Waals surface area contributed by atoms with E-state index in [1.54, 1.807) is 49.8 Å². The minimum Gasteiger partial charge on any atom is -0.460 e. The molecule has 0 spiro atoms. The van der Waals surface area contributed by atoms with Crippen molar-refractivity contribution in [1.29, 1.82) is 0 Å². The molecule has 0 aliphatic carbocycles. The van der Waals surface area contributed by atoms with Crippen LogP contribution in [0.4, 0.5) is 15.7 Å². The summed E-state index contributed by atoms with van der Waals surface area (Å²) in [6, 6.07) is 6.72. The molecule has 1 unspecified atom stereocenters. The highest BCUT2D eigenvalue weighted by molar-refractivity contribution is 7.16. The molecule has 0 fully saturated rings. The quantitative estimate of drug-likeness (QED) is 0.312. The van der Waals surface area contributed by atoms with E-state index in [1.807, 2.05) is 19.9 Å². The fourth-order valence-corrected chi connectivity index (χ4v) is 4.53. The molecule has 3 heterocycles. The number of nitrogens with one attached hydrogen (secondary N) is 1. The van der Waals surface area contributed by atoms with E-state index in [2.05, 4.69) is 31.9 Å². The normalized spacial score (nSPS) is 12.2. The Morgan fingerprint density at radius 2 is 1.89 bits per heavy atom. The van der Waals surface area contributed by atoms with Gasteiger partial charge >= 0.3 is 12.1 Å². The lowest BCUT2D eigenvalue weighted by molar-refractivity contribution is 0.0450. The summed E-state index contributed by atoms with van der Waals surface area (Å²) in [6.07, 6.45) is 2.36. The van der Waals surface area contributed by atoms with E-state index in [0.717, 1.165) is 0 Å². The summed E-state index contributed by atoms with van der Waals surface area (Å²) in [6.45, 7) is 13.3. The zero-order chi connectivity index (χ0) is 27.6. The van der Waals surface area contributed by atoms with Crippen LogP contribution in [0.15, 0.2) is 43.4 Å². The zero-order valence-electron chi connectivity index (χ0n) is 21.8. The zero-order valence-corrected chi connectivity index (χ0v) is 22.6. The highest BCUT2D eigenvalue weighted by atomic mass is 32.1. The second kappa shape index (κ2) is 10.6. The van der Waals surface area contributed by atoms with Crippen molar-refractivity contribution in [3.8, 4) is 0 Å². The van der Waals surface area contributed by atoms with E-state index < -0.39 is 17.7 Å². The van der Waals surface area contributed by atoms with Crippen LogP contribution in [0.2, 0.25) is 0 Å². The molecule has 3 N–H and O–H groups in total. The van der Waals surface area contributed by atoms with Gasteiger partial charge in [-0.05, 0) is 51.8 Å². The van der Waals surface area contributed by atoms with Crippen molar-refractivity contribution in [2.45, 2.75) is 46.3 Å². The molecule has 12 heteroatoms. The lowest BCUT2D eigenvalue weighted by Gasteiger charge is -2.18. The molecule has 0 radical (unpaired) electrons. The molecule has 1 amide bonds. The van der Waals surface area contributed by atoms with Crippen molar-refractivity contribution in [1.82, 2.24) is 24.7 Å². The number of benzene rings is 1. The molecule has 0 aliphatic rings. The van der Waals surface area contributed by atoms with Crippen LogP contribution in [0.5, 0.6) is 0 Å². The number of carbonyl (C=O) groups excluding carboxylic acids is 2. The van der Waals surface area contributed by atoms with Gasteiger partial charge in [0.2, 0.25) is 0 Å². The molecule has 4 aromatic rings. The van der Waals surface area contributed by atoms with Crippen molar-refractivity contribution in [3.05, 3.63) is 65.1 Å². The van der Waals surface area contributed by atoms with Gasteiger partial charge in [-0.1, -0.05) is 36.1 Å². The summed E-state index contributed by atoms with van der Waals surface area (Å²) in [7, 11) is 0. The maximum Gasteiger partial charge on any atom is 0.413 e. The number of anilines is 2. The number of carbonyl (C=O) groups is 2. The summed E-state index contributed by atoms with van der Waals surface area (Å²) in [5.41, 5.74) is 8.15. The Balaban J connectivity index is 1.47. The Bertz CT molecular complexity index is 1520. The Hall–Kier alpha value is -4.32. The van der Waals surface area contributed by atoms with Crippen LogP contribution >= 0.6 is 11.3 Å². The number of nitrogen functional groups attached to an aromatic ring is 1. The van der Waals surface area contributed by atoms with Gasteiger partial charge in [0.15, 0.2) is 10.8 Å². The van der Waals surface area contributed by atoms with Gasteiger partial charge in [0.05, 0.1) is 27.6 Å². The van der Waals surface area contributed by atoms with E-state index >= 15 is 0 Å². The summed E-state index contributed by atoms with van der Waals surface area (Å²) in [4.78, 5) is 38.4. The predicted molar refractivity (Wildman–Crippen MR) is 146 cm³/mol. The first-order chi connectivity index (χ1) is 17.9. The summed E-state index contributed by atoms with van der Waals surface area (Å²) < 4.78 is 12.6. The lowest BCUT2D eigenvalue weighted by atomic mass is 10.0. The number of rotatable bonds is 7. The largest absolute Gasteiger partial charge is 0.460 e. The lowest BCUT2D eigenvalue weighted by Crippen LogP contribution is -2.27. The number of thiazole rings is 1. The Kier molecular flexibility index (Phi) is 7.44. The number of nitrogens with zero attached hydrogens (tertiary/aromatic N) is 5. The van der Waals surface area contributed by atoms with Gasteiger partial charge in [0.1, 0.15) is 24.4 Å². The maximum atomic E-state index is 13.1. The van der Waals surface area contributed by atoms with Crippen LogP contribution in [0, 0.1) is 6.92 Å². The molecular weight excluding hydrogens is 506 g/mol. The first kappa shape index (κ1) is 26.7. The van der Waals surface area contributed by atoms with Gasteiger partial charge in [-0.2, -0.15) is 5.10 Å². The number of nitrogens with two attached hydrogens (primary N) is 1. The number of aromatic nitrogens is 5. The van der Waals surface area contributed by atoms with Crippen molar-refractivity contribution in [3.63, 3.8) is 0 Å². The van der Waals surface area contributed by atoms with E-state index in [1.165, 1.54) is 17.7 Å².